The molecule has 0 aliphatic rings. The summed E-state index contributed by atoms with van der Waals surface area (Å²) >= 11 is 0. The van der Waals surface area contributed by atoms with Gasteiger partial charge in [-0.1, -0.05) is 6.92 Å². The quantitative estimate of drug-likeness (QED) is 0.827. The number of imidazole rings is 1. The Hall–Kier alpha value is -1.55. The van der Waals surface area contributed by atoms with Gasteiger partial charge in [-0.2, -0.15) is 0 Å². The lowest BCUT2D eigenvalue weighted by Crippen LogP contribution is -2.11. The number of fused-ring (bicyclic) bond motifs is 1. The minimum atomic E-state index is 0.383. The first-order valence-corrected chi connectivity index (χ1v) is 6.42. The monoisotopic (exact) mass is 247 g/mol. The second kappa shape index (κ2) is 5.40. The van der Waals surface area contributed by atoms with Crippen LogP contribution in [0.3, 0.4) is 0 Å². The Morgan fingerprint density at radius 2 is 2.22 bits per heavy atom. The number of methoxy groups -OCH3 is 1. The maximum absolute atomic E-state index is 5.81. The molecule has 1 aromatic heterocycles. The van der Waals surface area contributed by atoms with Crippen LogP contribution in [0.2, 0.25) is 0 Å². The van der Waals surface area contributed by atoms with E-state index < -0.39 is 0 Å². The molecule has 1 aromatic carbocycles. The number of nitrogen functional groups attached to an aromatic ring is 1. The van der Waals surface area contributed by atoms with Crippen molar-refractivity contribution < 1.29 is 4.74 Å². The third kappa shape index (κ3) is 2.34. The SMILES string of the molecule is CCc1nc2cc(N)ccc2n1C(C)CCOC. The Kier molecular flexibility index (Phi) is 3.87. The number of anilines is 1. The van der Waals surface area contributed by atoms with Crippen LogP contribution < -0.4 is 5.73 Å². The summed E-state index contributed by atoms with van der Waals surface area (Å²) in [5.74, 6) is 1.11. The summed E-state index contributed by atoms with van der Waals surface area (Å²) in [6, 6.07) is 6.31. The van der Waals surface area contributed by atoms with Crippen molar-refractivity contribution in [2.75, 3.05) is 19.5 Å². The highest BCUT2D eigenvalue weighted by Gasteiger charge is 2.14. The van der Waals surface area contributed by atoms with E-state index in [4.69, 9.17) is 10.5 Å². The molecule has 98 valence electrons. The molecule has 18 heavy (non-hydrogen) atoms. The van der Waals surface area contributed by atoms with Gasteiger partial charge in [0, 0.05) is 31.9 Å². The van der Waals surface area contributed by atoms with Gasteiger partial charge in [-0.05, 0) is 31.5 Å². The predicted molar refractivity (Wildman–Crippen MR) is 74.7 cm³/mol. The topological polar surface area (TPSA) is 53.1 Å². The van der Waals surface area contributed by atoms with Crippen LogP contribution in [0.25, 0.3) is 11.0 Å². The van der Waals surface area contributed by atoms with Gasteiger partial charge in [-0.15, -0.1) is 0 Å². The second-order valence-corrected chi connectivity index (χ2v) is 4.63. The first-order valence-electron chi connectivity index (χ1n) is 6.42. The Morgan fingerprint density at radius 3 is 2.89 bits per heavy atom. The summed E-state index contributed by atoms with van der Waals surface area (Å²) in [5.41, 5.74) is 8.71. The van der Waals surface area contributed by atoms with Crippen molar-refractivity contribution >= 4 is 16.7 Å². The lowest BCUT2D eigenvalue weighted by atomic mass is 10.2. The summed E-state index contributed by atoms with van der Waals surface area (Å²) in [7, 11) is 1.74. The molecule has 1 unspecified atom stereocenters. The zero-order valence-corrected chi connectivity index (χ0v) is 11.3. The molecule has 2 N–H and O–H groups in total. The Bertz CT molecular complexity index is 533. The number of hydrogen-bond acceptors (Lipinski definition) is 3. The highest BCUT2D eigenvalue weighted by atomic mass is 16.5. The zero-order valence-electron chi connectivity index (χ0n) is 11.3. The van der Waals surface area contributed by atoms with Crippen molar-refractivity contribution in [2.24, 2.45) is 0 Å². The Morgan fingerprint density at radius 1 is 1.44 bits per heavy atom. The standard InChI is InChI=1S/C14H21N3O/c1-4-14-16-12-9-11(15)5-6-13(12)17(14)10(2)7-8-18-3/h5-6,9-10H,4,7-8,15H2,1-3H3. The van der Waals surface area contributed by atoms with E-state index in [-0.39, 0.29) is 0 Å². The highest BCUT2D eigenvalue weighted by Crippen LogP contribution is 2.25. The average Bonchev–Trinajstić information content (AvgIpc) is 2.73. The number of nitrogens with zero attached hydrogens (tertiary/aromatic N) is 2. The van der Waals surface area contributed by atoms with Gasteiger partial charge in [0.2, 0.25) is 0 Å². The molecule has 0 saturated heterocycles. The molecule has 2 rings (SSSR count). The lowest BCUT2D eigenvalue weighted by Gasteiger charge is -2.16. The second-order valence-electron chi connectivity index (χ2n) is 4.63. The molecule has 1 heterocycles. The molecule has 0 spiro atoms. The fraction of sp³-hybridized carbons (Fsp3) is 0.500. The summed E-state index contributed by atoms with van der Waals surface area (Å²) in [4.78, 5) is 4.66. The maximum atomic E-state index is 5.81. The number of benzene rings is 1. The van der Waals surface area contributed by atoms with E-state index in [0.29, 0.717) is 6.04 Å². The molecule has 0 saturated carbocycles. The van der Waals surface area contributed by atoms with Gasteiger partial charge in [0.25, 0.3) is 0 Å². The molecule has 4 nitrogen and oxygen atoms in total. The maximum Gasteiger partial charge on any atom is 0.109 e. The van der Waals surface area contributed by atoms with Crippen molar-refractivity contribution in [3.8, 4) is 0 Å². The summed E-state index contributed by atoms with van der Waals surface area (Å²) in [5, 5.41) is 0. The van der Waals surface area contributed by atoms with E-state index in [2.05, 4.69) is 29.5 Å². The van der Waals surface area contributed by atoms with Gasteiger partial charge in [0.05, 0.1) is 11.0 Å². The van der Waals surface area contributed by atoms with Crippen LogP contribution in [0.5, 0.6) is 0 Å². The first kappa shape index (κ1) is 12.9. The molecule has 1 atom stereocenters. The number of hydrogen-bond donors (Lipinski definition) is 1. The predicted octanol–water partition coefficient (Wildman–Crippen LogP) is 2.78. The van der Waals surface area contributed by atoms with Crippen LogP contribution in [0, 0.1) is 0 Å². The van der Waals surface area contributed by atoms with Crippen molar-refractivity contribution in [3.05, 3.63) is 24.0 Å². The third-order valence-corrected chi connectivity index (χ3v) is 3.28. The molecule has 0 aliphatic heterocycles. The Labute approximate surface area is 108 Å². The van der Waals surface area contributed by atoms with Gasteiger partial charge in [0.1, 0.15) is 5.82 Å². The molecule has 4 heteroatoms. The lowest BCUT2D eigenvalue weighted by molar-refractivity contribution is 0.181. The van der Waals surface area contributed by atoms with E-state index in [1.807, 2.05) is 12.1 Å². The highest BCUT2D eigenvalue weighted by molar-refractivity contribution is 5.79. The molecule has 0 fully saturated rings. The molecule has 0 aliphatic carbocycles. The molecular formula is C14H21N3O. The van der Waals surface area contributed by atoms with Crippen LogP contribution in [-0.4, -0.2) is 23.3 Å². The van der Waals surface area contributed by atoms with Gasteiger partial charge in [0.15, 0.2) is 0 Å². The van der Waals surface area contributed by atoms with Gasteiger partial charge < -0.3 is 15.0 Å². The minimum Gasteiger partial charge on any atom is -0.399 e. The smallest absolute Gasteiger partial charge is 0.109 e. The van der Waals surface area contributed by atoms with Crippen LogP contribution in [0.15, 0.2) is 18.2 Å². The molecule has 2 aromatic rings. The average molecular weight is 247 g/mol. The summed E-state index contributed by atoms with van der Waals surface area (Å²) in [6.45, 7) is 5.10. The van der Waals surface area contributed by atoms with Gasteiger partial charge >= 0.3 is 0 Å². The van der Waals surface area contributed by atoms with E-state index >= 15 is 0 Å². The van der Waals surface area contributed by atoms with Gasteiger partial charge in [-0.3, -0.25) is 0 Å². The third-order valence-electron chi connectivity index (χ3n) is 3.28. The number of rotatable bonds is 5. The number of nitrogens with two attached hydrogens (primary N) is 1. The van der Waals surface area contributed by atoms with Crippen LogP contribution in [0.1, 0.15) is 32.1 Å². The minimum absolute atomic E-state index is 0.383. The Balaban J connectivity index is 2.46. The van der Waals surface area contributed by atoms with Crippen molar-refractivity contribution in [1.29, 1.82) is 0 Å². The van der Waals surface area contributed by atoms with Crippen molar-refractivity contribution in [2.45, 2.75) is 32.7 Å². The number of aryl methyl sites for hydroxylation is 1. The number of ether oxygens (including phenoxy) is 1. The molecular weight excluding hydrogens is 226 g/mol. The largest absolute Gasteiger partial charge is 0.399 e. The van der Waals surface area contributed by atoms with E-state index in [1.54, 1.807) is 7.11 Å². The van der Waals surface area contributed by atoms with Crippen LogP contribution in [-0.2, 0) is 11.2 Å². The first-order chi connectivity index (χ1) is 8.67. The summed E-state index contributed by atoms with van der Waals surface area (Å²) in [6.07, 6.45) is 1.91. The van der Waals surface area contributed by atoms with Crippen LogP contribution >= 0.6 is 0 Å². The van der Waals surface area contributed by atoms with E-state index in [9.17, 15) is 0 Å². The zero-order chi connectivity index (χ0) is 13.1. The normalized spacial score (nSPS) is 13.1. The fourth-order valence-electron chi connectivity index (χ4n) is 2.32. The molecule has 0 radical (unpaired) electrons. The summed E-state index contributed by atoms with van der Waals surface area (Å²) < 4.78 is 7.46. The molecule has 0 amide bonds. The van der Waals surface area contributed by atoms with Crippen molar-refractivity contribution in [3.63, 3.8) is 0 Å². The van der Waals surface area contributed by atoms with Gasteiger partial charge in [-0.25, -0.2) is 4.98 Å². The number of aromatic nitrogens is 2. The fourth-order valence-corrected chi connectivity index (χ4v) is 2.32. The van der Waals surface area contributed by atoms with E-state index in [1.165, 1.54) is 0 Å². The molecule has 0 bridgehead atoms. The van der Waals surface area contributed by atoms with Crippen LogP contribution in [0.4, 0.5) is 5.69 Å². The van der Waals surface area contributed by atoms with E-state index in [0.717, 1.165) is 42.0 Å². The van der Waals surface area contributed by atoms with Crippen molar-refractivity contribution in [1.82, 2.24) is 9.55 Å².